The summed E-state index contributed by atoms with van der Waals surface area (Å²) in [4.78, 5) is 0. The van der Waals surface area contributed by atoms with Crippen molar-refractivity contribution >= 4 is 0 Å². The molecule has 2 aromatic rings. The maximum atomic E-state index is 13.1. The number of hydrogen-bond acceptors (Lipinski definition) is 2. The molecule has 0 aliphatic heterocycles. The lowest BCUT2D eigenvalue weighted by Crippen LogP contribution is -2.14. The highest BCUT2D eigenvalue weighted by atomic mass is 19.2. The molecule has 17 heavy (non-hydrogen) atoms. The molecule has 1 aromatic heterocycles. The number of aromatic nitrogens is 2. The van der Waals surface area contributed by atoms with Crippen LogP contribution in [0, 0.1) is 11.6 Å². The van der Waals surface area contributed by atoms with Gasteiger partial charge in [-0.3, -0.25) is 4.68 Å². The fourth-order valence-electron chi connectivity index (χ4n) is 1.54. The zero-order valence-corrected chi connectivity index (χ0v) is 9.45. The van der Waals surface area contributed by atoms with Gasteiger partial charge in [-0.15, -0.1) is 0 Å². The van der Waals surface area contributed by atoms with E-state index in [2.05, 4.69) is 10.4 Å². The predicted molar refractivity (Wildman–Crippen MR) is 61.5 cm³/mol. The summed E-state index contributed by atoms with van der Waals surface area (Å²) >= 11 is 0. The summed E-state index contributed by atoms with van der Waals surface area (Å²) in [6.07, 6.45) is 3.45. The smallest absolute Gasteiger partial charge is 0.159 e. The number of benzene rings is 1. The highest BCUT2D eigenvalue weighted by molar-refractivity contribution is 5.61. The van der Waals surface area contributed by atoms with Crippen LogP contribution in [0.15, 0.2) is 30.6 Å². The maximum Gasteiger partial charge on any atom is 0.159 e. The van der Waals surface area contributed by atoms with Crippen LogP contribution in [0.2, 0.25) is 0 Å². The molecule has 0 atom stereocenters. The van der Waals surface area contributed by atoms with Gasteiger partial charge in [0.05, 0.1) is 12.7 Å². The summed E-state index contributed by atoms with van der Waals surface area (Å²) < 4.78 is 27.6. The molecule has 1 heterocycles. The summed E-state index contributed by atoms with van der Waals surface area (Å²) in [5.41, 5.74) is 1.40. The van der Waals surface area contributed by atoms with Gasteiger partial charge < -0.3 is 5.32 Å². The van der Waals surface area contributed by atoms with Crippen LogP contribution >= 0.6 is 0 Å². The van der Waals surface area contributed by atoms with Crippen molar-refractivity contribution in [2.45, 2.75) is 6.54 Å². The van der Waals surface area contributed by atoms with Crippen molar-refractivity contribution in [3.63, 3.8) is 0 Å². The van der Waals surface area contributed by atoms with Gasteiger partial charge in [-0.2, -0.15) is 5.10 Å². The first-order valence-electron chi connectivity index (χ1n) is 5.33. The Morgan fingerprint density at radius 2 is 2.06 bits per heavy atom. The van der Waals surface area contributed by atoms with Gasteiger partial charge in [-0.1, -0.05) is 6.07 Å². The van der Waals surface area contributed by atoms with Gasteiger partial charge in [0.25, 0.3) is 0 Å². The lowest BCUT2D eigenvalue weighted by molar-refractivity contribution is 0.509. The Bertz CT molecular complexity index is 508. The molecule has 0 aliphatic rings. The molecule has 0 fully saturated rings. The maximum absolute atomic E-state index is 13.1. The highest BCUT2D eigenvalue weighted by Crippen LogP contribution is 2.20. The van der Waals surface area contributed by atoms with Crippen molar-refractivity contribution in [2.24, 2.45) is 0 Å². The van der Waals surface area contributed by atoms with Gasteiger partial charge >= 0.3 is 0 Å². The quantitative estimate of drug-likeness (QED) is 0.882. The Morgan fingerprint density at radius 3 is 2.76 bits per heavy atom. The Labute approximate surface area is 98.1 Å². The second-order valence-electron chi connectivity index (χ2n) is 3.72. The van der Waals surface area contributed by atoms with E-state index in [0.717, 1.165) is 24.7 Å². The van der Waals surface area contributed by atoms with Crippen LogP contribution in [0.4, 0.5) is 8.78 Å². The van der Waals surface area contributed by atoms with Crippen LogP contribution in [0.5, 0.6) is 0 Å². The first kappa shape index (κ1) is 11.7. The fourth-order valence-corrected chi connectivity index (χ4v) is 1.54. The number of hydrogen-bond donors (Lipinski definition) is 1. The molecule has 90 valence electrons. The molecular weight excluding hydrogens is 224 g/mol. The van der Waals surface area contributed by atoms with E-state index in [0.29, 0.717) is 5.56 Å². The van der Waals surface area contributed by atoms with E-state index in [9.17, 15) is 8.78 Å². The molecule has 0 amide bonds. The normalized spacial score (nSPS) is 10.8. The number of nitrogens with zero attached hydrogens (tertiary/aromatic N) is 2. The number of halogens is 2. The largest absolute Gasteiger partial charge is 0.318 e. The Morgan fingerprint density at radius 1 is 1.24 bits per heavy atom. The number of rotatable bonds is 4. The highest BCUT2D eigenvalue weighted by Gasteiger charge is 2.06. The third-order valence-electron chi connectivity index (χ3n) is 2.48. The lowest BCUT2D eigenvalue weighted by Gasteiger charge is -2.00. The molecule has 5 heteroatoms. The van der Waals surface area contributed by atoms with E-state index < -0.39 is 11.6 Å². The average molecular weight is 237 g/mol. The van der Waals surface area contributed by atoms with E-state index in [1.165, 1.54) is 12.1 Å². The predicted octanol–water partition coefficient (Wildman–Crippen LogP) is 2.05. The Balaban J connectivity index is 2.21. The minimum absolute atomic E-state index is 0.625. The lowest BCUT2D eigenvalue weighted by atomic mass is 10.1. The van der Waals surface area contributed by atoms with Crippen molar-refractivity contribution in [1.82, 2.24) is 15.1 Å². The third-order valence-corrected chi connectivity index (χ3v) is 2.48. The molecule has 1 aromatic carbocycles. The molecule has 3 nitrogen and oxygen atoms in total. The third kappa shape index (κ3) is 2.68. The van der Waals surface area contributed by atoms with E-state index in [4.69, 9.17) is 0 Å². The van der Waals surface area contributed by atoms with Crippen molar-refractivity contribution in [3.05, 3.63) is 42.2 Å². The zero-order valence-electron chi connectivity index (χ0n) is 9.45. The molecular formula is C12H13F2N3. The van der Waals surface area contributed by atoms with Crippen molar-refractivity contribution in [1.29, 1.82) is 0 Å². The van der Waals surface area contributed by atoms with Gasteiger partial charge in [-0.05, 0) is 24.7 Å². The Kier molecular flexibility index (Phi) is 3.49. The second-order valence-corrected chi connectivity index (χ2v) is 3.72. The second kappa shape index (κ2) is 5.05. The first-order chi connectivity index (χ1) is 8.20. The zero-order chi connectivity index (χ0) is 12.3. The van der Waals surface area contributed by atoms with Crippen LogP contribution in [0.1, 0.15) is 0 Å². The first-order valence-corrected chi connectivity index (χ1v) is 5.33. The number of nitrogens with one attached hydrogen (secondary N) is 1. The minimum atomic E-state index is -0.842. The SMILES string of the molecule is CNCCn1cc(-c2ccc(F)c(F)c2)cn1. The molecule has 0 unspecified atom stereocenters. The summed E-state index contributed by atoms with van der Waals surface area (Å²) in [5.74, 6) is -1.68. The van der Waals surface area contributed by atoms with Crippen LogP contribution in [-0.2, 0) is 6.54 Å². The standard InChI is InChI=1S/C12H13F2N3/c1-15-4-5-17-8-10(7-16-17)9-2-3-11(13)12(14)6-9/h2-3,6-8,15H,4-5H2,1H3. The number of likely N-dealkylation sites (N-methyl/N-ethyl adjacent to an activating group) is 1. The molecule has 0 radical (unpaired) electrons. The molecule has 0 saturated heterocycles. The average Bonchev–Trinajstić information content (AvgIpc) is 2.79. The monoisotopic (exact) mass is 237 g/mol. The molecule has 0 saturated carbocycles. The van der Waals surface area contributed by atoms with E-state index in [-0.39, 0.29) is 0 Å². The minimum Gasteiger partial charge on any atom is -0.318 e. The topological polar surface area (TPSA) is 29.9 Å². The van der Waals surface area contributed by atoms with E-state index in [1.54, 1.807) is 10.9 Å². The van der Waals surface area contributed by atoms with Crippen molar-refractivity contribution < 1.29 is 8.78 Å². The van der Waals surface area contributed by atoms with Crippen LogP contribution in [0.25, 0.3) is 11.1 Å². The molecule has 2 rings (SSSR count). The van der Waals surface area contributed by atoms with Gasteiger partial charge in [0.15, 0.2) is 11.6 Å². The molecule has 0 aliphatic carbocycles. The summed E-state index contributed by atoms with van der Waals surface area (Å²) in [6, 6.07) is 3.84. The van der Waals surface area contributed by atoms with Crippen LogP contribution in [0.3, 0.4) is 0 Å². The van der Waals surface area contributed by atoms with Gasteiger partial charge in [-0.25, -0.2) is 8.78 Å². The van der Waals surface area contributed by atoms with E-state index in [1.807, 2.05) is 13.2 Å². The van der Waals surface area contributed by atoms with Gasteiger partial charge in [0, 0.05) is 18.3 Å². The summed E-state index contributed by atoms with van der Waals surface area (Å²) in [7, 11) is 1.86. The summed E-state index contributed by atoms with van der Waals surface area (Å²) in [5, 5.41) is 7.15. The van der Waals surface area contributed by atoms with Crippen molar-refractivity contribution in [3.8, 4) is 11.1 Å². The molecule has 0 bridgehead atoms. The van der Waals surface area contributed by atoms with Crippen molar-refractivity contribution in [2.75, 3.05) is 13.6 Å². The summed E-state index contributed by atoms with van der Waals surface area (Å²) in [6.45, 7) is 1.54. The van der Waals surface area contributed by atoms with Gasteiger partial charge in [0.2, 0.25) is 0 Å². The van der Waals surface area contributed by atoms with Crippen LogP contribution in [-0.4, -0.2) is 23.4 Å². The molecule has 1 N–H and O–H groups in total. The van der Waals surface area contributed by atoms with E-state index >= 15 is 0 Å². The molecule has 0 spiro atoms. The Hall–Kier alpha value is -1.75. The van der Waals surface area contributed by atoms with Gasteiger partial charge in [0.1, 0.15) is 0 Å². The van der Waals surface area contributed by atoms with Crippen LogP contribution < -0.4 is 5.32 Å². The fraction of sp³-hybridized carbons (Fsp3) is 0.250.